The van der Waals surface area contributed by atoms with E-state index in [1.807, 2.05) is 39.8 Å². The second-order valence-corrected chi connectivity index (χ2v) is 12.3. The average molecular weight is 613 g/mol. The minimum absolute atomic E-state index is 0.0967. The molecule has 0 amide bonds. The van der Waals surface area contributed by atoms with Crippen molar-refractivity contribution < 1.29 is 22.0 Å². The van der Waals surface area contributed by atoms with Crippen molar-refractivity contribution >= 4 is 0 Å². The maximum Gasteiger partial charge on any atom is 0.129 e. The topological polar surface area (TPSA) is 0 Å². The van der Waals surface area contributed by atoms with E-state index in [-0.39, 0.29) is 23.2 Å². The van der Waals surface area contributed by atoms with Crippen LogP contribution in [0.15, 0.2) is 72.8 Å². The standard InChI is InChI=1S/C10H12F2.C10H13F.C10H14.C9H10F2/c1-6(2)8-4-9(11)7(3)10(12)5-8;1-7(2)9-5-4-8(3)10(11)6-9;1-8(2)10-6-4-9(3)5-7-10;1-6(2)8-4-3-7(10)5-9(8)11/h4-6H,1-3H3;4-7H,1-3H3;4-8H,1-3H3;3-6H,1-2H3. The van der Waals surface area contributed by atoms with Crippen molar-refractivity contribution in [3.05, 3.63) is 141 Å². The first-order chi connectivity index (χ1) is 20.4. The molecule has 0 saturated carbocycles. The van der Waals surface area contributed by atoms with Gasteiger partial charge in [-0.2, -0.15) is 0 Å². The Kier molecular flexibility index (Phi) is 16.1. The van der Waals surface area contributed by atoms with Gasteiger partial charge in [-0.25, -0.2) is 22.0 Å². The van der Waals surface area contributed by atoms with Crippen LogP contribution < -0.4 is 0 Å². The third-order valence-corrected chi connectivity index (χ3v) is 7.16. The highest BCUT2D eigenvalue weighted by Gasteiger charge is 2.09. The van der Waals surface area contributed by atoms with Gasteiger partial charge in [0, 0.05) is 11.6 Å². The molecular formula is C39H49F5. The van der Waals surface area contributed by atoms with E-state index >= 15 is 0 Å². The molecule has 0 fully saturated rings. The highest BCUT2D eigenvalue weighted by atomic mass is 19.1. The average Bonchev–Trinajstić information content (AvgIpc) is 2.94. The molecule has 4 aromatic carbocycles. The highest BCUT2D eigenvalue weighted by Crippen LogP contribution is 2.21. The molecule has 0 radical (unpaired) electrons. The van der Waals surface area contributed by atoms with Crippen LogP contribution in [0.25, 0.3) is 0 Å². The normalized spacial score (nSPS) is 10.6. The van der Waals surface area contributed by atoms with E-state index in [0.29, 0.717) is 23.0 Å². The first kappa shape index (κ1) is 38.6. The van der Waals surface area contributed by atoms with Crippen LogP contribution in [0.4, 0.5) is 22.0 Å². The van der Waals surface area contributed by atoms with Crippen molar-refractivity contribution in [3.63, 3.8) is 0 Å². The fourth-order valence-corrected chi connectivity index (χ4v) is 3.89. The minimum atomic E-state index is -0.521. The summed E-state index contributed by atoms with van der Waals surface area (Å²) >= 11 is 0. The van der Waals surface area contributed by atoms with E-state index < -0.39 is 23.3 Å². The zero-order chi connectivity index (χ0) is 33.7. The summed E-state index contributed by atoms with van der Waals surface area (Å²) < 4.78 is 64.1. The van der Waals surface area contributed by atoms with Gasteiger partial charge in [0.05, 0.1) is 0 Å². The number of hydrogen-bond donors (Lipinski definition) is 0. The first-order valence-electron chi connectivity index (χ1n) is 15.2. The number of benzene rings is 4. The first-order valence-corrected chi connectivity index (χ1v) is 15.2. The second-order valence-electron chi connectivity index (χ2n) is 12.3. The van der Waals surface area contributed by atoms with Crippen LogP contribution in [0, 0.1) is 49.9 Å². The predicted molar refractivity (Wildman–Crippen MR) is 176 cm³/mol. The van der Waals surface area contributed by atoms with Crippen molar-refractivity contribution in [2.75, 3.05) is 0 Å². The molecule has 0 aliphatic heterocycles. The molecule has 0 aliphatic carbocycles. The maximum absolute atomic E-state index is 13.0. The van der Waals surface area contributed by atoms with E-state index in [4.69, 9.17) is 0 Å². The number of aryl methyl sites for hydroxylation is 2. The second kappa shape index (κ2) is 18.4. The molecule has 0 aromatic heterocycles. The van der Waals surface area contributed by atoms with E-state index in [1.54, 1.807) is 13.0 Å². The molecule has 0 bridgehead atoms. The zero-order valence-electron chi connectivity index (χ0n) is 28.1. The number of rotatable bonds is 4. The molecule has 5 heteroatoms. The van der Waals surface area contributed by atoms with E-state index in [0.717, 1.165) is 17.2 Å². The van der Waals surface area contributed by atoms with Crippen LogP contribution in [0.2, 0.25) is 0 Å². The summed E-state index contributed by atoms with van der Waals surface area (Å²) in [5.74, 6) is -0.670. The molecule has 4 aromatic rings. The van der Waals surface area contributed by atoms with E-state index in [9.17, 15) is 22.0 Å². The summed E-state index contributed by atoms with van der Waals surface area (Å²) in [6.07, 6.45) is 0. The van der Waals surface area contributed by atoms with Crippen molar-refractivity contribution in [2.45, 2.75) is 99.8 Å². The summed E-state index contributed by atoms with van der Waals surface area (Å²) in [5, 5.41) is 0. The van der Waals surface area contributed by atoms with Crippen LogP contribution in [0.1, 0.15) is 118 Å². The summed E-state index contributed by atoms with van der Waals surface area (Å²) in [6, 6.07) is 20.6. The molecule has 0 spiro atoms. The number of hydrogen-bond acceptors (Lipinski definition) is 0. The van der Waals surface area contributed by atoms with Crippen LogP contribution in [0.5, 0.6) is 0 Å². The van der Waals surface area contributed by atoms with Gasteiger partial charge in [-0.05, 0) is 96.5 Å². The SMILES string of the molecule is CC(C)c1ccc(F)cc1F.Cc1c(F)cc(C(C)C)cc1F.Cc1ccc(C(C)C)cc1.Cc1ccc(C(C)C)cc1F. The van der Waals surface area contributed by atoms with Gasteiger partial charge in [0.1, 0.15) is 29.1 Å². The lowest BCUT2D eigenvalue weighted by Gasteiger charge is -2.07. The van der Waals surface area contributed by atoms with Gasteiger partial charge in [-0.3, -0.25) is 0 Å². The largest absolute Gasteiger partial charge is 0.207 e. The van der Waals surface area contributed by atoms with E-state index in [2.05, 4.69) is 58.9 Å². The quantitative estimate of drug-likeness (QED) is 0.201. The van der Waals surface area contributed by atoms with Gasteiger partial charge in [0.15, 0.2) is 0 Å². The molecule has 44 heavy (non-hydrogen) atoms. The fraction of sp³-hybridized carbons (Fsp3) is 0.385. The lowest BCUT2D eigenvalue weighted by molar-refractivity contribution is 0.562. The molecule has 0 atom stereocenters. The Morgan fingerprint density at radius 3 is 1.27 bits per heavy atom. The Hall–Kier alpha value is -3.47. The van der Waals surface area contributed by atoms with Gasteiger partial charge in [-0.15, -0.1) is 0 Å². The zero-order valence-corrected chi connectivity index (χ0v) is 28.1. The van der Waals surface area contributed by atoms with Gasteiger partial charge in [0.25, 0.3) is 0 Å². The molecule has 0 N–H and O–H groups in total. The fourth-order valence-electron chi connectivity index (χ4n) is 3.89. The van der Waals surface area contributed by atoms with Crippen LogP contribution in [0.3, 0.4) is 0 Å². The van der Waals surface area contributed by atoms with Crippen molar-refractivity contribution in [1.29, 1.82) is 0 Å². The smallest absolute Gasteiger partial charge is 0.129 e. The Morgan fingerprint density at radius 1 is 0.409 bits per heavy atom. The molecule has 240 valence electrons. The summed E-state index contributed by atoms with van der Waals surface area (Å²) in [6.45, 7) is 21.4. The highest BCUT2D eigenvalue weighted by molar-refractivity contribution is 5.27. The molecule has 4 rings (SSSR count). The molecule has 0 nitrogen and oxygen atoms in total. The third kappa shape index (κ3) is 13.0. The van der Waals surface area contributed by atoms with E-state index in [1.165, 1.54) is 42.3 Å². The van der Waals surface area contributed by atoms with Crippen LogP contribution in [-0.4, -0.2) is 0 Å². The van der Waals surface area contributed by atoms with Crippen LogP contribution >= 0.6 is 0 Å². The Balaban J connectivity index is 0.000000294. The Bertz CT molecular complexity index is 1410. The van der Waals surface area contributed by atoms with Crippen molar-refractivity contribution in [1.82, 2.24) is 0 Å². The van der Waals surface area contributed by atoms with Gasteiger partial charge in [0.2, 0.25) is 0 Å². The Morgan fingerprint density at radius 2 is 0.864 bits per heavy atom. The third-order valence-electron chi connectivity index (χ3n) is 7.16. The molecule has 0 heterocycles. The monoisotopic (exact) mass is 612 g/mol. The summed E-state index contributed by atoms with van der Waals surface area (Å²) in [4.78, 5) is 0. The minimum Gasteiger partial charge on any atom is -0.207 e. The summed E-state index contributed by atoms with van der Waals surface area (Å²) in [5.41, 5.74) is 5.90. The maximum atomic E-state index is 13.0. The predicted octanol–water partition coefficient (Wildman–Crippen LogP) is 12.9. The summed E-state index contributed by atoms with van der Waals surface area (Å²) in [7, 11) is 0. The van der Waals surface area contributed by atoms with Crippen molar-refractivity contribution in [2.24, 2.45) is 0 Å². The lowest BCUT2D eigenvalue weighted by atomic mass is 10.0. The van der Waals surface area contributed by atoms with Gasteiger partial charge in [-0.1, -0.05) is 103 Å². The van der Waals surface area contributed by atoms with Crippen LogP contribution in [-0.2, 0) is 0 Å². The number of halogens is 5. The molecule has 0 aliphatic rings. The van der Waals surface area contributed by atoms with Gasteiger partial charge >= 0.3 is 0 Å². The van der Waals surface area contributed by atoms with Crippen molar-refractivity contribution in [3.8, 4) is 0 Å². The Labute approximate surface area is 262 Å². The lowest BCUT2D eigenvalue weighted by Crippen LogP contribution is -1.94. The molecular weight excluding hydrogens is 563 g/mol. The molecule has 0 unspecified atom stereocenters. The van der Waals surface area contributed by atoms with Gasteiger partial charge < -0.3 is 0 Å². The molecule has 0 saturated heterocycles.